The van der Waals surface area contributed by atoms with E-state index in [0.29, 0.717) is 42.7 Å². The summed E-state index contributed by atoms with van der Waals surface area (Å²) in [5.41, 5.74) is 2.26. The molecule has 12 heteroatoms. The fourth-order valence-electron chi connectivity index (χ4n) is 5.93. The molecule has 1 aliphatic heterocycles. The summed E-state index contributed by atoms with van der Waals surface area (Å²) in [6.45, 7) is 1.20. The minimum absolute atomic E-state index is 0.135. The first-order chi connectivity index (χ1) is 22.2. The molecule has 8 nitrogen and oxygen atoms in total. The highest BCUT2D eigenvalue weighted by atomic mass is 32.2. The number of pyridine rings is 1. The smallest absolute Gasteiger partial charge is 0.242 e. The molecule has 0 aliphatic carbocycles. The van der Waals surface area contributed by atoms with E-state index in [4.69, 9.17) is 0 Å². The molecule has 1 amide bonds. The molecular formula is C34H36F3N5O3S. The summed E-state index contributed by atoms with van der Waals surface area (Å²) in [4.78, 5) is 17.8. The van der Waals surface area contributed by atoms with E-state index in [9.17, 15) is 22.0 Å². The van der Waals surface area contributed by atoms with Crippen LogP contribution in [0.5, 0.6) is 0 Å². The van der Waals surface area contributed by atoms with Gasteiger partial charge in [-0.1, -0.05) is 54.6 Å². The van der Waals surface area contributed by atoms with Crippen molar-refractivity contribution in [1.82, 2.24) is 19.9 Å². The van der Waals surface area contributed by atoms with E-state index in [2.05, 4.69) is 20.9 Å². The van der Waals surface area contributed by atoms with Gasteiger partial charge in [0.05, 0.1) is 29.9 Å². The van der Waals surface area contributed by atoms with Crippen LogP contribution in [-0.2, 0) is 27.0 Å². The summed E-state index contributed by atoms with van der Waals surface area (Å²) < 4.78 is 71.1. The van der Waals surface area contributed by atoms with Crippen molar-refractivity contribution in [3.8, 4) is 0 Å². The predicted molar refractivity (Wildman–Crippen MR) is 171 cm³/mol. The highest BCUT2D eigenvalue weighted by Crippen LogP contribution is 2.31. The molecule has 0 spiro atoms. The summed E-state index contributed by atoms with van der Waals surface area (Å²) in [7, 11) is -2.06. The van der Waals surface area contributed by atoms with Crippen molar-refractivity contribution in [2.75, 3.05) is 32.0 Å². The largest absolute Gasteiger partial charge is 0.323 e. The predicted octanol–water partition coefficient (Wildman–Crippen LogP) is 4.59. The molecule has 3 N–H and O–H groups in total. The molecule has 2 atom stereocenters. The first kappa shape index (κ1) is 33.3. The number of aromatic nitrogens is 1. The number of likely N-dealkylation sites (N-methyl/N-ethyl adjacent to an activating group) is 1. The number of anilines is 1. The molecule has 0 saturated carbocycles. The van der Waals surface area contributed by atoms with Gasteiger partial charge in [-0.25, -0.2) is 21.6 Å². The highest BCUT2D eigenvalue weighted by molar-refractivity contribution is 7.88. The second-order valence-electron chi connectivity index (χ2n) is 11.2. The Hall–Kier alpha value is -4.10. The van der Waals surface area contributed by atoms with E-state index < -0.39 is 51.4 Å². The molecular weight excluding hydrogens is 615 g/mol. The molecule has 0 bridgehead atoms. The number of carbonyl (C=O) groups is 1. The summed E-state index contributed by atoms with van der Waals surface area (Å²) >= 11 is 0. The van der Waals surface area contributed by atoms with Crippen LogP contribution in [0.25, 0.3) is 0 Å². The highest BCUT2D eigenvalue weighted by Gasteiger charge is 2.33. The zero-order valence-corrected chi connectivity index (χ0v) is 26.1. The summed E-state index contributed by atoms with van der Waals surface area (Å²) in [6, 6.07) is 19.0. The summed E-state index contributed by atoms with van der Waals surface area (Å²) in [5.74, 6) is -2.81. The summed E-state index contributed by atoms with van der Waals surface area (Å²) in [5, 5.41) is 9.05. The maximum Gasteiger partial charge on any atom is 0.242 e. The van der Waals surface area contributed by atoms with Gasteiger partial charge in [0.25, 0.3) is 0 Å². The van der Waals surface area contributed by atoms with Crippen molar-refractivity contribution >= 4 is 21.6 Å². The SMILES string of the molecule is CNC(C(=O)Nc1cncc(F)c1CCC1CNCCN1S(=O)(=O)Cc1ccccc1)C(c1ccc(F)cc1)c1ccc(F)cc1. The maximum absolute atomic E-state index is 15.3. The molecule has 1 fully saturated rings. The Labute approximate surface area is 267 Å². The number of rotatable bonds is 12. The van der Waals surface area contributed by atoms with Crippen LogP contribution < -0.4 is 16.0 Å². The molecule has 5 rings (SSSR count). The summed E-state index contributed by atoms with van der Waals surface area (Å²) in [6.07, 6.45) is 2.85. The van der Waals surface area contributed by atoms with Crippen molar-refractivity contribution < 1.29 is 26.4 Å². The standard InChI is InChI=1S/C34H36F3N5O3S/c1-38-33(32(24-7-11-26(35)12-8-24)25-9-13-27(36)14-10-25)34(43)41-31-21-40-20-30(37)29(31)16-15-28-19-39-17-18-42(28)46(44,45)22-23-5-3-2-4-6-23/h2-14,20-21,28,32-33,38-39H,15-19,22H2,1H3,(H,41,43). The molecule has 46 heavy (non-hydrogen) atoms. The van der Waals surface area contributed by atoms with Crippen LogP contribution in [0.3, 0.4) is 0 Å². The van der Waals surface area contributed by atoms with Gasteiger partial charge in [-0.15, -0.1) is 0 Å². The number of halogens is 3. The second-order valence-corrected chi connectivity index (χ2v) is 13.2. The molecule has 1 aliphatic rings. The zero-order valence-electron chi connectivity index (χ0n) is 25.3. The third-order valence-electron chi connectivity index (χ3n) is 8.22. The van der Waals surface area contributed by atoms with Gasteiger partial charge in [-0.05, 0) is 60.8 Å². The van der Waals surface area contributed by atoms with Crippen LogP contribution in [0, 0.1) is 17.5 Å². The van der Waals surface area contributed by atoms with Gasteiger partial charge in [-0.3, -0.25) is 9.78 Å². The molecule has 4 aromatic rings. The molecule has 1 saturated heterocycles. The number of sulfonamides is 1. The first-order valence-corrected chi connectivity index (χ1v) is 16.6. The average Bonchev–Trinajstić information content (AvgIpc) is 3.05. The minimum Gasteiger partial charge on any atom is -0.323 e. The number of carbonyl (C=O) groups excluding carboxylic acids is 1. The number of nitrogens with zero attached hydrogens (tertiary/aromatic N) is 2. The van der Waals surface area contributed by atoms with E-state index >= 15 is 4.39 Å². The molecule has 2 unspecified atom stereocenters. The Morgan fingerprint density at radius 3 is 2.20 bits per heavy atom. The van der Waals surface area contributed by atoms with Crippen LogP contribution in [0.15, 0.2) is 91.3 Å². The first-order valence-electron chi connectivity index (χ1n) is 15.0. The normalized spacial score (nSPS) is 16.3. The van der Waals surface area contributed by atoms with Crippen LogP contribution in [-0.4, -0.2) is 62.4 Å². The van der Waals surface area contributed by atoms with Crippen molar-refractivity contribution in [1.29, 1.82) is 0 Å². The number of benzene rings is 3. The van der Waals surface area contributed by atoms with Gasteiger partial charge in [0.2, 0.25) is 15.9 Å². The number of nitrogens with one attached hydrogen (secondary N) is 3. The lowest BCUT2D eigenvalue weighted by atomic mass is 9.84. The van der Waals surface area contributed by atoms with Gasteiger partial charge < -0.3 is 16.0 Å². The Bertz CT molecular complexity index is 1680. The molecule has 2 heterocycles. The van der Waals surface area contributed by atoms with Crippen molar-refractivity contribution in [2.45, 2.75) is 36.6 Å². The van der Waals surface area contributed by atoms with Gasteiger partial charge in [0.1, 0.15) is 17.5 Å². The minimum atomic E-state index is -3.65. The van der Waals surface area contributed by atoms with E-state index in [0.717, 1.165) is 6.20 Å². The van der Waals surface area contributed by atoms with Crippen molar-refractivity contribution in [2.24, 2.45) is 0 Å². The molecule has 3 aromatic carbocycles. The molecule has 0 radical (unpaired) electrons. The van der Waals surface area contributed by atoms with E-state index in [1.165, 1.54) is 34.8 Å². The van der Waals surface area contributed by atoms with Gasteiger partial charge in [0.15, 0.2) is 0 Å². The van der Waals surface area contributed by atoms with Crippen LogP contribution in [0.1, 0.15) is 34.6 Å². The van der Waals surface area contributed by atoms with Crippen molar-refractivity contribution in [3.63, 3.8) is 0 Å². The second kappa shape index (κ2) is 15.0. The van der Waals surface area contributed by atoms with Crippen molar-refractivity contribution in [3.05, 3.63) is 131 Å². The van der Waals surface area contributed by atoms with E-state index in [-0.39, 0.29) is 23.4 Å². The zero-order chi connectivity index (χ0) is 32.7. The average molecular weight is 652 g/mol. The quantitative estimate of drug-likeness (QED) is 0.207. The third kappa shape index (κ3) is 8.00. The Morgan fingerprint density at radius 1 is 0.957 bits per heavy atom. The monoisotopic (exact) mass is 651 g/mol. The fraction of sp³-hybridized carbons (Fsp3) is 0.294. The number of amides is 1. The lowest BCUT2D eigenvalue weighted by Crippen LogP contribution is -2.53. The number of hydrogen-bond donors (Lipinski definition) is 3. The Kier molecular flexibility index (Phi) is 10.8. The van der Waals surface area contributed by atoms with E-state index in [1.54, 1.807) is 55.6 Å². The van der Waals surface area contributed by atoms with Gasteiger partial charge in [-0.2, -0.15) is 4.31 Å². The molecule has 242 valence electrons. The number of hydrogen-bond acceptors (Lipinski definition) is 6. The fourth-order valence-corrected chi connectivity index (χ4v) is 7.72. The topological polar surface area (TPSA) is 103 Å². The Balaban J connectivity index is 1.36. The Morgan fingerprint density at radius 2 is 1.59 bits per heavy atom. The third-order valence-corrected chi connectivity index (χ3v) is 10.1. The maximum atomic E-state index is 15.3. The van der Waals surface area contributed by atoms with E-state index in [1.807, 2.05) is 6.07 Å². The van der Waals surface area contributed by atoms with Gasteiger partial charge in [0, 0.05) is 37.2 Å². The van der Waals surface area contributed by atoms with Gasteiger partial charge >= 0.3 is 0 Å². The van der Waals surface area contributed by atoms with Crippen LogP contribution >= 0.6 is 0 Å². The van der Waals surface area contributed by atoms with Crippen LogP contribution in [0.4, 0.5) is 18.9 Å². The van der Waals surface area contributed by atoms with Crippen LogP contribution in [0.2, 0.25) is 0 Å². The lowest BCUT2D eigenvalue weighted by molar-refractivity contribution is -0.118. The molecule has 1 aromatic heterocycles. The lowest BCUT2D eigenvalue weighted by Gasteiger charge is -2.35. The number of piperazine rings is 1.